The molecule has 0 rings (SSSR count). The number of alkyl halides is 2. The first-order valence-electron chi connectivity index (χ1n) is 1.76. The highest BCUT2D eigenvalue weighted by Crippen LogP contribution is 2.18. The van der Waals surface area contributed by atoms with Gasteiger partial charge in [-0.15, -0.1) is 0 Å². The van der Waals surface area contributed by atoms with E-state index in [1.807, 2.05) is 0 Å². The molecular weight excluding hydrogens is 174 g/mol. The number of carboxylic acid groups (broad SMARTS) is 1. The van der Waals surface area contributed by atoms with E-state index in [9.17, 15) is 27.1 Å². The van der Waals surface area contributed by atoms with Crippen LogP contribution in [0.25, 0.3) is 0 Å². The van der Waals surface area contributed by atoms with Crippen LogP contribution < -0.4 is 5.11 Å². The number of carboxylic acids is 1. The monoisotopic (exact) mass is 175 g/mol. The van der Waals surface area contributed by atoms with Crippen LogP contribution in [0.15, 0.2) is 0 Å². The van der Waals surface area contributed by atoms with Gasteiger partial charge in [0, 0.05) is 0 Å². The molecule has 1 N–H and O–H groups in total. The number of rotatable bonds is 2. The van der Waals surface area contributed by atoms with Crippen molar-refractivity contribution in [1.29, 1.82) is 0 Å². The Bertz CT molecular complexity index is 240. The summed E-state index contributed by atoms with van der Waals surface area (Å²) in [4.78, 5) is 9.27. The predicted octanol–water partition coefficient (Wildman–Crippen LogP) is -1.78. The van der Waals surface area contributed by atoms with Crippen LogP contribution in [0.5, 0.6) is 0 Å². The number of hydrogen-bond acceptors (Lipinski definition) is 4. The van der Waals surface area contributed by atoms with Gasteiger partial charge in [0.25, 0.3) is 0 Å². The molecule has 8 heteroatoms. The quantitative estimate of drug-likeness (QED) is 0.500. The second-order valence-corrected chi connectivity index (χ2v) is 2.74. The van der Waals surface area contributed by atoms with Gasteiger partial charge in [0.15, 0.2) is 0 Å². The zero-order chi connectivity index (χ0) is 8.58. The van der Waals surface area contributed by atoms with Crippen LogP contribution in [-0.4, -0.2) is 24.2 Å². The molecular formula is C2HF2O5S-. The van der Waals surface area contributed by atoms with Gasteiger partial charge in [0.2, 0.25) is 0 Å². The van der Waals surface area contributed by atoms with Crippen molar-refractivity contribution in [2.45, 2.75) is 5.25 Å². The average molecular weight is 175 g/mol. The van der Waals surface area contributed by atoms with E-state index >= 15 is 0 Å². The molecule has 0 spiro atoms. The van der Waals surface area contributed by atoms with Crippen molar-refractivity contribution < 1.29 is 31.7 Å². The SMILES string of the molecule is O=C([O-])C(F)(F)S(=O)(=O)O. The zero-order valence-corrected chi connectivity index (χ0v) is 5.06. The van der Waals surface area contributed by atoms with Crippen molar-refractivity contribution in [1.82, 2.24) is 0 Å². The molecule has 0 saturated carbocycles. The maximum atomic E-state index is 11.6. The van der Waals surface area contributed by atoms with E-state index in [2.05, 4.69) is 0 Å². The number of carbonyl (C=O) groups excluding carboxylic acids is 1. The molecule has 0 fully saturated rings. The highest BCUT2D eigenvalue weighted by atomic mass is 32.2. The van der Waals surface area contributed by atoms with Crippen molar-refractivity contribution in [3.8, 4) is 0 Å². The van der Waals surface area contributed by atoms with Crippen LogP contribution >= 0.6 is 0 Å². The van der Waals surface area contributed by atoms with Crippen molar-refractivity contribution in [2.24, 2.45) is 0 Å². The molecule has 0 aromatic heterocycles. The van der Waals surface area contributed by atoms with Crippen LogP contribution in [0.4, 0.5) is 8.78 Å². The van der Waals surface area contributed by atoms with Crippen molar-refractivity contribution in [3.63, 3.8) is 0 Å². The third-order valence-corrected chi connectivity index (χ3v) is 1.38. The van der Waals surface area contributed by atoms with Gasteiger partial charge in [-0.25, -0.2) is 0 Å². The van der Waals surface area contributed by atoms with E-state index in [1.165, 1.54) is 0 Å². The Morgan fingerprint density at radius 1 is 1.50 bits per heavy atom. The summed E-state index contributed by atoms with van der Waals surface area (Å²) in [5, 5.41) is 4.04. The molecule has 60 valence electrons. The fourth-order valence-electron chi connectivity index (χ4n) is 0.105. The lowest BCUT2D eigenvalue weighted by atomic mass is 10.7. The fourth-order valence-corrected chi connectivity index (χ4v) is 0.316. The van der Waals surface area contributed by atoms with Gasteiger partial charge < -0.3 is 9.90 Å². The Kier molecular flexibility index (Phi) is 1.97. The highest BCUT2D eigenvalue weighted by Gasteiger charge is 2.45. The summed E-state index contributed by atoms with van der Waals surface area (Å²) in [6.45, 7) is 0. The lowest BCUT2D eigenvalue weighted by Crippen LogP contribution is -2.46. The van der Waals surface area contributed by atoms with Gasteiger partial charge in [-0.1, -0.05) is 0 Å². The Balaban J connectivity index is 4.95. The van der Waals surface area contributed by atoms with Crippen molar-refractivity contribution >= 4 is 16.1 Å². The van der Waals surface area contributed by atoms with Crippen LogP contribution in [0.1, 0.15) is 0 Å². The third kappa shape index (κ3) is 1.39. The fraction of sp³-hybridized carbons (Fsp3) is 0.500. The zero-order valence-electron chi connectivity index (χ0n) is 4.24. The van der Waals surface area contributed by atoms with Gasteiger partial charge in [0.05, 0.1) is 0 Å². The standard InChI is InChI=1S/C2H2F2O5S/c3-2(4,1(5)6)10(7,8)9/h(H,5,6)(H,7,8,9)/p-1. The summed E-state index contributed by atoms with van der Waals surface area (Å²) in [5.41, 5.74) is 0. The minimum absolute atomic E-state index is 3.16. The minimum atomic E-state index is -5.90. The maximum absolute atomic E-state index is 11.6. The molecule has 0 heterocycles. The smallest absolute Gasteiger partial charge is 0.408 e. The Hall–Kier alpha value is -0.760. The highest BCUT2D eigenvalue weighted by molar-refractivity contribution is 7.87. The second-order valence-electron chi connectivity index (χ2n) is 1.28. The lowest BCUT2D eigenvalue weighted by Gasteiger charge is -2.12. The summed E-state index contributed by atoms with van der Waals surface area (Å²) in [6, 6.07) is 0. The summed E-state index contributed by atoms with van der Waals surface area (Å²) >= 11 is 0. The van der Waals surface area contributed by atoms with E-state index in [-0.39, 0.29) is 0 Å². The number of halogens is 2. The van der Waals surface area contributed by atoms with E-state index in [4.69, 9.17) is 4.55 Å². The normalized spacial score (nSPS) is 13.1. The van der Waals surface area contributed by atoms with E-state index < -0.39 is 21.3 Å². The predicted molar refractivity (Wildman–Crippen MR) is 21.5 cm³/mol. The molecule has 0 atom stereocenters. The van der Waals surface area contributed by atoms with Crippen molar-refractivity contribution in [2.75, 3.05) is 0 Å². The van der Waals surface area contributed by atoms with Gasteiger partial charge >= 0.3 is 15.4 Å². The summed E-state index contributed by atoms with van der Waals surface area (Å²) < 4.78 is 49.6. The molecule has 10 heavy (non-hydrogen) atoms. The molecule has 0 aromatic carbocycles. The molecule has 0 unspecified atom stereocenters. The Morgan fingerprint density at radius 2 is 1.80 bits per heavy atom. The number of aliphatic carboxylic acids is 1. The van der Waals surface area contributed by atoms with E-state index in [0.717, 1.165) is 0 Å². The molecule has 0 radical (unpaired) electrons. The topological polar surface area (TPSA) is 94.5 Å². The Morgan fingerprint density at radius 3 is 1.80 bits per heavy atom. The second kappa shape index (κ2) is 2.13. The molecule has 0 aliphatic heterocycles. The number of hydrogen-bond donors (Lipinski definition) is 1. The first-order valence-corrected chi connectivity index (χ1v) is 3.20. The largest absolute Gasteiger partial charge is 0.543 e. The average Bonchev–Trinajstić information content (AvgIpc) is 1.62. The van der Waals surface area contributed by atoms with Gasteiger partial charge in [0.1, 0.15) is 5.97 Å². The lowest BCUT2D eigenvalue weighted by molar-refractivity contribution is -0.321. The molecule has 0 amide bonds. The molecule has 0 aromatic rings. The third-order valence-electron chi connectivity index (χ3n) is 0.562. The first kappa shape index (κ1) is 9.24. The molecule has 0 aliphatic rings. The van der Waals surface area contributed by atoms with Gasteiger partial charge in [-0.3, -0.25) is 4.55 Å². The van der Waals surface area contributed by atoms with E-state index in [0.29, 0.717) is 0 Å². The molecule has 5 nitrogen and oxygen atoms in total. The molecule has 0 bridgehead atoms. The molecule has 0 aliphatic carbocycles. The van der Waals surface area contributed by atoms with Crippen LogP contribution in [0, 0.1) is 0 Å². The summed E-state index contributed by atoms with van der Waals surface area (Å²) in [5.74, 6) is -3.16. The van der Waals surface area contributed by atoms with Crippen LogP contribution in [-0.2, 0) is 14.9 Å². The maximum Gasteiger partial charge on any atom is 0.408 e. The van der Waals surface area contributed by atoms with E-state index in [1.54, 1.807) is 0 Å². The van der Waals surface area contributed by atoms with Crippen LogP contribution in [0.3, 0.4) is 0 Å². The Labute approximate surface area is 54.0 Å². The van der Waals surface area contributed by atoms with Crippen LogP contribution in [0.2, 0.25) is 0 Å². The first-order chi connectivity index (χ1) is 4.19. The number of carbonyl (C=O) groups is 1. The molecule has 0 saturated heterocycles. The summed E-state index contributed by atoms with van der Waals surface area (Å²) in [7, 11) is -5.90. The summed E-state index contributed by atoms with van der Waals surface area (Å²) in [6.07, 6.45) is 0. The van der Waals surface area contributed by atoms with Gasteiger partial charge in [-0.2, -0.15) is 17.2 Å². The van der Waals surface area contributed by atoms with Crippen molar-refractivity contribution in [3.05, 3.63) is 0 Å². The van der Waals surface area contributed by atoms with Gasteiger partial charge in [-0.05, 0) is 0 Å². The minimum Gasteiger partial charge on any atom is -0.543 e.